The van der Waals surface area contributed by atoms with E-state index in [0.29, 0.717) is 22.6 Å². The fraction of sp³-hybridized carbons (Fsp3) is 0.588. The molecule has 1 amide bonds. The first-order valence-corrected chi connectivity index (χ1v) is 8.84. The fourth-order valence-corrected chi connectivity index (χ4v) is 3.43. The summed E-state index contributed by atoms with van der Waals surface area (Å²) in [6, 6.07) is 4.81. The Balaban J connectivity index is 1.67. The third-order valence-corrected chi connectivity index (χ3v) is 4.93. The average molecular weight is 371 g/mol. The second kappa shape index (κ2) is 8.63. The maximum Gasteiger partial charge on any atom is 0.252 e. The number of benzene rings is 1. The molecule has 3 nitrogen and oxygen atoms in total. The van der Waals surface area contributed by atoms with Crippen LogP contribution in [0, 0.1) is 5.82 Å². The lowest BCUT2D eigenvalue weighted by molar-refractivity contribution is 0.0950. The van der Waals surface area contributed by atoms with Gasteiger partial charge in [-0.25, -0.2) is 4.39 Å². The summed E-state index contributed by atoms with van der Waals surface area (Å²) in [7, 11) is 0. The normalized spacial score (nSPS) is 19.1. The zero-order chi connectivity index (χ0) is 15.9. The van der Waals surface area contributed by atoms with Crippen LogP contribution < -0.4 is 5.32 Å². The quantitative estimate of drug-likeness (QED) is 0.768. The van der Waals surface area contributed by atoms with Gasteiger partial charge in [0.05, 0.1) is 5.56 Å². The number of amides is 1. The number of unbranched alkanes of at least 4 members (excludes halogenated alkanes) is 1. The Morgan fingerprint density at radius 3 is 2.95 bits per heavy atom. The highest BCUT2D eigenvalue weighted by atomic mass is 79.9. The van der Waals surface area contributed by atoms with E-state index < -0.39 is 0 Å². The second-order valence-electron chi connectivity index (χ2n) is 5.97. The Kier molecular flexibility index (Phi) is 6.83. The molecule has 1 aromatic carbocycles. The average Bonchev–Trinajstić information content (AvgIpc) is 2.48. The van der Waals surface area contributed by atoms with Crippen LogP contribution >= 0.6 is 15.9 Å². The lowest BCUT2D eigenvalue weighted by atomic mass is 10.0. The topological polar surface area (TPSA) is 32.3 Å². The van der Waals surface area contributed by atoms with Gasteiger partial charge < -0.3 is 10.2 Å². The summed E-state index contributed by atoms with van der Waals surface area (Å²) in [5, 5.41) is 2.90. The first-order valence-electron chi connectivity index (χ1n) is 8.05. The molecular formula is C17H24BrFN2O. The minimum absolute atomic E-state index is 0.154. The van der Waals surface area contributed by atoms with Crippen LogP contribution in [0.3, 0.4) is 0 Å². The van der Waals surface area contributed by atoms with Crippen LogP contribution in [-0.4, -0.2) is 36.5 Å². The molecule has 1 N–H and O–H groups in total. The first-order chi connectivity index (χ1) is 10.6. The molecule has 1 fully saturated rings. The molecule has 0 saturated carbocycles. The Morgan fingerprint density at radius 2 is 2.23 bits per heavy atom. The number of nitrogens with zero attached hydrogens (tertiary/aromatic N) is 1. The number of nitrogens with one attached hydrogen (secondary N) is 1. The van der Waals surface area contributed by atoms with Crippen LogP contribution in [0.5, 0.6) is 0 Å². The molecule has 2 rings (SSSR count). The number of halogens is 2. The SMILES string of the molecule is C[C@H]1CCCCN1CCCCNC(=O)c1ccc(F)cc1Br. The van der Waals surface area contributed by atoms with Gasteiger partial charge in [-0.1, -0.05) is 6.42 Å². The molecule has 1 heterocycles. The molecule has 1 atom stereocenters. The maximum atomic E-state index is 13.0. The van der Waals surface area contributed by atoms with E-state index in [0.717, 1.165) is 19.4 Å². The molecule has 0 aromatic heterocycles. The third kappa shape index (κ3) is 5.06. The highest BCUT2D eigenvalue weighted by molar-refractivity contribution is 9.10. The van der Waals surface area contributed by atoms with Gasteiger partial charge in [0.15, 0.2) is 0 Å². The monoisotopic (exact) mass is 370 g/mol. The molecule has 22 heavy (non-hydrogen) atoms. The van der Waals surface area contributed by atoms with E-state index in [4.69, 9.17) is 0 Å². The van der Waals surface area contributed by atoms with Crippen molar-refractivity contribution in [3.05, 3.63) is 34.1 Å². The van der Waals surface area contributed by atoms with Crippen molar-refractivity contribution in [1.82, 2.24) is 10.2 Å². The van der Waals surface area contributed by atoms with E-state index >= 15 is 0 Å². The van der Waals surface area contributed by atoms with Crippen LogP contribution in [0.4, 0.5) is 4.39 Å². The number of hydrogen-bond donors (Lipinski definition) is 1. The Hall–Kier alpha value is -0.940. The second-order valence-corrected chi connectivity index (χ2v) is 6.82. The highest BCUT2D eigenvalue weighted by Gasteiger charge is 2.17. The summed E-state index contributed by atoms with van der Waals surface area (Å²) >= 11 is 3.22. The van der Waals surface area contributed by atoms with Crippen molar-refractivity contribution in [3.8, 4) is 0 Å². The molecular weight excluding hydrogens is 347 g/mol. The number of piperidine rings is 1. The van der Waals surface area contributed by atoms with E-state index in [1.54, 1.807) is 0 Å². The van der Waals surface area contributed by atoms with Crippen molar-refractivity contribution in [2.45, 2.75) is 45.1 Å². The summed E-state index contributed by atoms with van der Waals surface area (Å²) in [6.07, 6.45) is 6.01. The summed E-state index contributed by atoms with van der Waals surface area (Å²) in [5.74, 6) is -0.503. The zero-order valence-electron chi connectivity index (χ0n) is 13.1. The molecule has 5 heteroatoms. The molecule has 0 unspecified atom stereocenters. The minimum atomic E-state index is -0.348. The van der Waals surface area contributed by atoms with Crippen molar-refractivity contribution < 1.29 is 9.18 Å². The van der Waals surface area contributed by atoms with Gasteiger partial charge >= 0.3 is 0 Å². The van der Waals surface area contributed by atoms with E-state index in [-0.39, 0.29) is 11.7 Å². The molecule has 1 aliphatic rings. The van der Waals surface area contributed by atoms with Gasteiger partial charge in [-0.3, -0.25) is 4.79 Å². The van der Waals surface area contributed by atoms with Gasteiger partial charge in [0.2, 0.25) is 0 Å². The van der Waals surface area contributed by atoms with E-state index in [2.05, 4.69) is 33.1 Å². The Bertz CT molecular complexity index is 509. The highest BCUT2D eigenvalue weighted by Crippen LogP contribution is 2.18. The van der Waals surface area contributed by atoms with E-state index in [9.17, 15) is 9.18 Å². The predicted octanol–water partition coefficient (Wildman–Crippen LogP) is 3.97. The fourth-order valence-electron chi connectivity index (χ4n) is 2.90. The number of carbonyl (C=O) groups excluding carboxylic acids is 1. The van der Waals surface area contributed by atoms with Crippen LogP contribution in [0.25, 0.3) is 0 Å². The molecule has 1 saturated heterocycles. The van der Waals surface area contributed by atoms with Crippen molar-refractivity contribution >= 4 is 21.8 Å². The predicted molar refractivity (Wildman–Crippen MR) is 90.6 cm³/mol. The standard InChI is InChI=1S/C17H24BrFN2O/c1-13-6-2-4-10-21(13)11-5-3-9-20-17(22)15-8-7-14(19)12-16(15)18/h7-8,12-13H,2-6,9-11H2,1H3,(H,20,22)/t13-/m0/s1. The molecule has 1 aromatic rings. The third-order valence-electron chi connectivity index (χ3n) is 4.27. The molecule has 122 valence electrons. The van der Waals surface area contributed by atoms with Crippen molar-refractivity contribution in [2.75, 3.05) is 19.6 Å². The lowest BCUT2D eigenvalue weighted by Crippen LogP contribution is -2.38. The number of hydrogen-bond acceptors (Lipinski definition) is 2. The molecule has 0 radical (unpaired) electrons. The van der Waals surface area contributed by atoms with Crippen LogP contribution in [0.2, 0.25) is 0 Å². The minimum Gasteiger partial charge on any atom is -0.352 e. The molecule has 0 bridgehead atoms. The van der Waals surface area contributed by atoms with Crippen molar-refractivity contribution in [1.29, 1.82) is 0 Å². The lowest BCUT2D eigenvalue weighted by Gasteiger charge is -2.33. The number of likely N-dealkylation sites (tertiary alicyclic amines) is 1. The number of carbonyl (C=O) groups is 1. The molecule has 1 aliphatic heterocycles. The van der Waals surface area contributed by atoms with Gasteiger partial charge in [-0.15, -0.1) is 0 Å². The van der Waals surface area contributed by atoms with Crippen LogP contribution in [0.15, 0.2) is 22.7 Å². The first kappa shape index (κ1) is 17.4. The van der Waals surface area contributed by atoms with Crippen LogP contribution in [-0.2, 0) is 0 Å². The van der Waals surface area contributed by atoms with E-state index in [1.807, 2.05) is 0 Å². The Morgan fingerprint density at radius 1 is 1.41 bits per heavy atom. The zero-order valence-corrected chi connectivity index (χ0v) is 14.7. The molecule has 0 aliphatic carbocycles. The number of rotatable bonds is 6. The van der Waals surface area contributed by atoms with Crippen LogP contribution in [0.1, 0.15) is 49.4 Å². The van der Waals surface area contributed by atoms with Crippen molar-refractivity contribution in [3.63, 3.8) is 0 Å². The van der Waals surface area contributed by atoms with Gasteiger partial charge in [-0.2, -0.15) is 0 Å². The summed E-state index contributed by atoms with van der Waals surface area (Å²) < 4.78 is 13.5. The van der Waals surface area contributed by atoms with Gasteiger partial charge in [0.25, 0.3) is 5.91 Å². The maximum absolute atomic E-state index is 13.0. The summed E-state index contributed by atoms with van der Waals surface area (Å²) in [6.45, 7) is 5.27. The molecule has 0 spiro atoms. The van der Waals surface area contributed by atoms with Crippen molar-refractivity contribution in [2.24, 2.45) is 0 Å². The van der Waals surface area contributed by atoms with Gasteiger partial charge in [0, 0.05) is 17.1 Å². The summed E-state index contributed by atoms with van der Waals surface area (Å²) in [4.78, 5) is 14.6. The van der Waals surface area contributed by atoms with E-state index in [1.165, 1.54) is 44.0 Å². The Labute approximate surface area is 140 Å². The van der Waals surface area contributed by atoms with Gasteiger partial charge in [0.1, 0.15) is 5.82 Å². The summed E-state index contributed by atoms with van der Waals surface area (Å²) in [5.41, 5.74) is 0.478. The van der Waals surface area contributed by atoms with Gasteiger partial charge in [-0.05, 0) is 79.8 Å². The smallest absolute Gasteiger partial charge is 0.252 e. The largest absolute Gasteiger partial charge is 0.352 e.